The smallest absolute Gasteiger partial charge is 0.241 e. The molecule has 0 heterocycles. The van der Waals surface area contributed by atoms with Gasteiger partial charge in [-0.1, -0.05) is 26.2 Å². The van der Waals surface area contributed by atoms with E-state index in [1.807, 2.05) is 0 Å². The third kappa shape index (κ3) is 3.58. The van der Waals surface area contributed by atoms with Crippen LogP contribution in [0.4, 0.5) is 5.69 Å². The van der Waals surface area contributed by atoms with E-state index >= 15 is 0 Å². The summed E-state index contributed by atoms with van der Waals surface area (Å²) in [6.07, 6.45) is 5.38. The molecule has 2 unspecified atom stereocenters. The maximum atomic E-state index is 12.8. The Morgan fingerprint density at radius 3 is 2.33 bits per heavy atom. The zero-order chi connectivity index (χ0) is 15.6. The topological polar surface area (TPSA) is 72.2 Å². The Bertz CT molecular complexity index is 588. The van der Waals surface area contributed by atoms with Crippen molar-refractivity contribution in [2.45, 2.75) is 63.8 Å². The first-order chi connectivity index (χ1) is 9.85. The van der Waals surface area contributed by atoms with E-state index in [9.17, 15) is 8.42 Å². The predicted molar refractivity (Wildman–Crippen MR) is 86.7 cm³/mol. The van der Waals surface area contributed by atoms with Crippen LogP contribution >= 0.6 is 0 Å². The van der Waals surface area contributed by atoms with Gasteiger partial charge in [-0.15, -0.1) is 0 Å². The minimum absolute atomic E-state index is 0.0603. The van der Waals surface area contributed by atoms with E-state index in [1.54, 1.807) is 26.0 Å². The number of nitrogen functional groups attached to an aromatic ring is 1. The Morgan fingerprint density at radius 2 is 1.76 bits per heavy atom. The lowest BCUT2D eigenvalue weighted by Crippen LogP contribution is -2.42. The maximum absolute atomic E-state index is 12.8. The van der Waals surface area contributed by atoms with Crippen LogP contribution in [0.25, 0.3) is 0 Å². The number of rotatable bonds is 4. The third-order valence-corrected chi connectivity index (χ3v) is 6.29. The van der Waals surface area contributed by atoms with Gasteiger partial charge in [0.15, 0.2) is 0 Å². The molecule has 4 nitrogen and oxygen atoms in total. The summed E-state index contributed by atoms with van der Waals surface area (Å²) >= 11 is 0. The van der Waals surface area contributed by atoms with E-state index in [0.29, 0.717) is 27.6 Å². The molecule has 5 heteroatoms. The fourth-order valence-electron chi connectivity index (χ4n) is 3.52. The summed E-state index contributed by atoms with van der Waals surface area (Å²) in [6, 6.07) is 3.50. The summed E-state index contributed by atoms with van der Waals surface area (Å²) in [6.45, 7) is 5.74. The number of nitrogens with two attached hydrogens (primary N) is 1. The summed E-state index contributed by atoms with van der Waals surface area (Å²) in [5, 5.41) is 0. The number of benzene rings is 1. The van der Waals surface area contributed by atoms with Crippen molar-refractivity contribution in [2.75, 3.05) is 5.73 Å². The van der Waals surface area contributed by atoms with Crippen LogP contribution in [0.3, 0.4) is 0 Å². The first kappa shape index (κ1) is 16.3. The number of hydrogen-bond donors (Lipinski definition) is 2. The van der Waals surface area contributed by atoms with Gasteiger partial charge < -0.3 is 5.73 Å². The van der Waals surface area contributed by atoms with E-state index in [1.165, 1.54) is 6.42 Å². The van der Waals surface area contributed by atoms with Crippen molar-refractivity contribution in [3.8, 4) is 0 Å². The molecule has 0 aromatic heterocycles. The van der Waals surface area contributed by atoms with Gasteiger partial charge in [0.05, 0.1) is 4.90 Å². The molecule has 1 aromatic carbocycles. The quantitative estimate of drug-likeness (QED) is 0.839. The number of anilines is 1. The minimum atomic E-state index is -3.49. The third-order valence-electron chi connectivity index (χ3n) is 4.49. The highest BCUT2D eigenvalue weighted by atomic mass is 32.2. The van der Waals surface area contributed by atoms with Crippen molar-refractivity contribution in [2.24, 2.45) is 5.92 Å². The Kier molecular flexibility index (Phi) is 4.94. The molecule has 1 saturated carbocycles. The zero-order valence-corrected chi connectivity index (χ0v) is 14.0. The van der Waals surface area contributed by atoms with Crippen LogP contribution in [0, 0.1) is 19.8 Å². The van der Waals surface area contributed by atoms with Gasteiger partial charge >= 0.3 is 0 Å². The molecule has 118 valence electrons. The first-order valence-corrected chi connectivity index (χ1v) is 9.22. The Hall–Kier alpha value is -1.07. The molecule has 1 aromatic rings. The van der Waals surface area contributed by atoms with Crippen LogP contribution in [-0.4, -0.2) is 14.5 Å². The van der Waals surface area contributed by atoms with Gasteiger partial charge in [-0.2, -0.15) is 0 Å². The van der Waals surface area contributed by atoms with Crippen LogP contribution in [0.1, 0.15) is 50.2 Å². The highest BCUT2D eigenvalue weighted by molar-refractivity contribution is 7.89. The van der Waals surface area contributed by atoms with Gasteiger partial charge in [0.2, 0.25) is 10.0 Å². The van der Waals surface area contributed by atoms with Crippen molar-refractivity contribution in [3.63, 3.8) is 0 Å². The molecule has 0 radical (unpaired) electrons. The maximum Gasteiger partial charge on any atom is 0.241 e. The molecule has 21 heavy (non-hydrogen) atoms. The molecule has 1 aliphatic carbocycles. The van der Waals surface area contributed by atoms with Gasteiger partial charge in [0.25, 0.3) is 0 Å². The summed E-state index contributed by atoms with van der Waals surface area (Å²) in [5.41, 5.74) is 7.81. The van der Waals surface area contributed by atoms with Crippen molar-refractivity contribution in [3.05, 3.63) is 23.3 Å². The van der Waals surface area contributed by atoms with Gasteiger partial charge in [-0.05, 0) is 55.9 Å². The molecule has 0 aliphatic heterocycles. The predicted octanol–water partition coefficient (Wildman–Crippen LogP) is 3.13. The molecule has 0 spiro atoms. The van der Waals surface area contributed by atoms with Gasteiger partial charge in [0.1, 0.15) is 0 Å². The van der Waals surface area contributed by atoms with E-state index in [0.717, 1.165) is 25.7 Å². The standard InChI is InChI=1S/C16H26N2O2S/c1-4-13-7-5-6-8-15(13)18-21(19,20)16-11(2)9-14(17)10-12(16)3/h9-10,13,15,18H,4-8,17H2,1-3H3. The lowest BCUT2D eigenvalue weighted by Gasteiger charge is -2.31. The molecular weight excluding hydrogens is 284 g/mol. The molecule has 3 N–H and O–H groups in total. The summed E-state index contributed by atoms with van der Waals surface area (Å²) in [7, 11) is -3.49. The first-order valence-electron chi connectivity index (χ1n) is 7.74. The Morgan fingerprint density at radius 1 is 1.19 bits per heavy atom. The molecule has 2 atom stereocenters. The number of aryl methyl sites for hydroxylation is 2. The minimum Gasteiger partial charge on any atom is -0.399 e. The normalized spacial score (nSPS) is 23.2. The van der Waals surface area contributed by atoms with E-state index < -0.39 is 10.0 Å². The Balaban J connectivity index is 2.30. The SMILES string of the molecule is CCC1CCCCC1NS(=O)(=O)c1c(C)cc(N)cc1C. The van der Waals surface area contributed by atoms with Crippen molar-refractivity contribution < 1.29 is 8.42 Å². The fraction of sp³-hybridized carbons (Fsp3) is 0.625. The lowest BCUT2D eigenvalue weighted by atomic mass is 9.83. The van der Waals surface area contributed by atoms with Crippen LogP contribution < -0.4 is 10.5 Å². The summed E-state index contributed by atoms with van der Waals surface area (Å²) in [5.74, 6) is 0.447. The lowest BCUT2D eigenvalue weighted by molar-refractivity contribution is 0.282. The van der Waals surface area contributed by atoms with E-state index in [-0.39, 0.29) is 6.04 Å². The van der Waals surface area contributed by atoms with E-state index in [2.05, 4.69) is 11.6 Å². The van der Waals surface area contributed by atoms with Crippen molar-refractivity contribution in [1.29, 1.82) is 0 Å². The van der Waals surface area contributed by atoms with Gasteiger partial charge in [-0.3, -0.25) is 0 Å². The van der Waals surface area contributed by atoms with Crippen LogP contribution in [0.5, 0.6) is 0 Å². The molecule has 0 saturated heterocycles. The monoisotopic (exact) mass is 310 g/mol. The highest BCUT2D eigenvalue weighted by Gasteiger charge is 2.29. The van der Waals surface area contributed by atoms with Crippen molar-refractivity contribution >= 4 is 15.7 Å². The van der Waals surface area contributed by atoms with Gasteiger partial charge in [0, 0.05) is 11.7 Å². The average Bonchev–Trinajstić information content (AvgIpc) is 2.37. The number of sulfonamides is 1. The summed E-state index contributed by atoms with van der Waals surface area (Å²) < 4.78 is 28.5. The number of nitrogens with one attached hydrogen (secondary N) is 1. The molecular formula is C16H26N2O2S. The molecule has 0 amide bonds. The zero-order valence-electron chi connectivity index (χ0n) is 13.1. The second kappa shape index (κ2) is 6.36. The summed E-state index contributed by atoms with van der Waals surface area (Å²) in [4.78, 5) is 0.386. The van der Waals surface area contributed by atoms with Crippen LogP contribution in [0.15, 0.2) is 17.0 Å². The average molecular weight is 310 g/mol. The molecule has 1 fully saturated rings. The van der Waals surface area contributed by atoms with Gasteiger partial charge in [-0.25, -0.2) is 13.1 Å². The second-order valence-electron chi connectivity index (χ2n) is 6.16. The Labute approximate surface area is 128 Å². The molecule has 2 rings (SSSR count). The van der Waals surface area contributed by atoms with Crippen LogP contribution in [-0.2, 0) is 10.0 Å². The van der Waals surface area contributed by atoms with Crippen molar-refractivity contribution in [1.82, 2.24) is 4.72 Å². The molecule has 1 aliphatic rings. The second-order valence-corrected chi connectivity index (χ2v) is 7.82. The molecule has 0 bridgehead atoms. The van der Waals surface area contributed by atoms with Crippen LogP contribution in [0.2, 0.25) is 0 Å². The number of hydrogen-bond acceptors (Lipinski definition) is 3. The highest BCUT2D eigenvalue weighted by Crippen LogP contribution is 2.29. The largest absolute Gasteiger partial charge is 0.399 e. The van der Waals surface area contributed by atoms with E-state index in [4.69, 9.17) is 5.73 Å². The fourth-order valence-corrected chi connectivity index (χ4v) is 5.31.